The van der Waals surface area contributed by atoms with Crippen molar-refractivity contribution in [2.24, 2.45) is 5.92 Å². The second-order valence-electron chi connectivity index (χ2n) is 5.37. The molecule has 1 aromatic carbocycles. The number of esters is 1. The molecule has 1 aromatic rings. The average molecular weight is 322 g/mol. The van der Waals surface area contributed by atoms with Crippen LogP contribution in [0.3, 0.4) is 0 Å². The van der Waals surface area contributed by atoms with Crippen LogP contribution in [0.1, 0.15) is 37.3 Å². The van der Waals surface area contributed by atoms with Gasteiger partial charge in [0, 0.05) is 10.9 Å². The number of hydrogen-bond donors (Lipinski definition) is 1. The van der Waals surface area contributed by atoms with E-state index in [1.807, 2.05) is 18.2 Å². The highest BCUT2D eigenvalue weighted by Gasteiger charge is 2.24. The lowest BCUT2D eigenvalue weighted by Gasteiger charge is -2.23. The fraction of sp³-hybridized carbons (Fsp3) is 0.412. The second kappa shape index (κ2) is 7.99. The SMILES string of the molecule is COC(=O)C[C@@H](NC(=O)[C@H]1CC=CCC1)c1ccc(Cl)cc1. The van der Waals surface area contributed by atoms with Gasteiger partial charge in [0.15, 0.2) is 0 Å². The molecule has 2 rings (SSSR count). The van der Waals surface area contributed by atoms with Crippen molar-refractivity contribution >= 4 is 23.5 Å². The number of allylic oxidation sites excluding steroid dienone is 2. The normalized spacial score (nSPS) is 18.5. The predicted octanol–water partition coefficient (Wildman–Crippen LogP) is 3.42. The molecule has 0 unspecified atom stereocenters. The monoisotopic (exact) mass is 321 g/mol. The smallest absolute Gasteiger partial charge is 0.307 e. The molecular weight excluding hydrogens is 302 g/mol. The van der Waals surface area contributed by atoms with Crippen molar-refractivity contribution in [1.82, 2.24) is 5.32 Å². The topological polar surface area (TPSA) is 55.4 Å². The quantitative estimate of drug-likeness (QED) is 0.668. The first kappa shape index (κ1) is 16.6. The molecular formula is C17H20ClNO3. The Kier molecular flexibility index (Phi) is 6.01. The van der Waals surface area contributed by atoms with Crippen LogP contribution in [-0.4, -0.2) is 19.0 Å². The van der Waals surface area contributed by atoms with E-state index in [1.54, 1.807) is 12.1 Å². The zero-order chi connectivity index (χ0) is 15.9. The van der Waals surface area contributed by atoms with Crippen LogP contribution in [0.4, 0.5) is 0 Å². The number of hydrogen-bond acceptors (Lipinski definition) is 3. The molecule has 0 radical (unpaired) electrons. The highest BCUT2D eigenvalue weighted by molar-refractivity contribution is 6.30. The standard InChI is InChI=1S/C17H20ClNO3/c1-22-16(20)11-15(12-7-9-14(18)10-8-12)19-17(21)13-5-3-2-4-6-13/h2-3,7-10,13,15H,4-6,11H2,1H3,(H,19,21)/t13-,15+/m0/s1. The molecule has 2 atom stereocenters. The maximum absolute atomic E-state index is 12.4. The Morgan fingerprint density at radius 1 is 1.32 bits per heavy atom. The maximum Gasteiger partial charge on any atom is 0.307 e. The minimum absolute atomic E-state index is 0.0202. The molecule has 1 aliphatic carbocycles. The molecule has 0 saturated carbocycles. The Bertz CT molecular complexity index is 554. The van der Waals surface area contributed by atoms with Gasteiger partial charge in [0.25, 0.3) is 0 Å². The summed E-state index contributed by atoms with van der Waals surface area (Å²) in [6, 6.07) is 6.73. The number of amides is 1. The first-order chi connectivity index (χ1) is 10.6. The third-order valence-electron chi connectivity index (χ3n) is 3.83. The second-order valence-corrected chi connectivity index (χ2v) is 5.81. The van der Waals surface area contributed by atoms with Crippen molar-refractivity contribution in [2.75, 3.05) is 7.11 Å². The van der Waals surface area contributed by atoms with Gasteiger partial charge in [-0.15, -0.1) is 0 Å². The van der Waals surface area contributed by atoms with E-state index < -0.39 is 6.04 Å². The fourth-order valence-corrected chi connectivity index (χ4v) is 2.64. The van der Waals surface area contributed by atoms with Gasteiger partial charge in [-0.1, -0.05) is 35.9 Å². The van der Waals surface area contributed by atoms with Crippen molar-refractivity contribution in [2.45, 2.75) is 31.7 Å². The average Bonchev–Trinajstić information content (AvgIpc) is 2.55. The van der Waals surface area contributed by atoms with E-state index in [4.69, 9.17) is 16.3 Å². The molecule has 0 aliphatic heterocycles. The van der Waals surface area contributed by atoms with E-state index in [1.165, 1.54) is 7.11 Å². The molecule has 1 aliphatic rings. The number of carbonyl (C=O) groups excluding carboxylic acids is 2. The number of carbonyl (C=O) groups is 2. The van der Waals surface area contributed by atoms with Crippen LogP contribution >= 0.6 is 11.6 Å². The zero-order valence-corrected chi connectivity index (χ0v) is 13.3. The first-order valence-electron chi connectivity index (χ1n) is 7.38. The molecule has 0 fully saturated rings. The van der Waals surface area contributed by atoms with Crippen molar-refractivity contribution in [3.05, 3.63) is 47.0 Å². The predicted molar refractivity (Wildman–Crippen MR) is 85.4 cm³/mol. The van der Waals surface area contributed by atoms with Gasteiger partial charge in [-0.2, -0.15) is 0 Å². The molecule has 0 aromatic heterocycles. The highest BCUT2D eigenvalue weighted by atomic mass is 35.5. The molecule has 0 bridgehead atoms. The van der Waals surface area contributed by atoms with Gasteiger partial charge in [-0.05, 0) is 37.0 Å². The van der Waals surface area contributed by atoms with E-state index in [-0.39, 0.29) is 24.2 Å². The lowest BCUT2D eigenvalue weighted by atomic mass is 9.92. The molecule has 22 heavy (non-hydrogen) atoms. The molecule has 5 heteroatoms. The van der Waals surface area contributed by atoms with Gasteiger partial charge in [-0.3, -0.25) is 9.59 Å². The van der Waals surface area contributed by atoms with E-state index in [0.717, 1.165) is 24.8 Å². The number of halogens is 1. The van der Waals surface area contributed by atoms with Crippen LogP contribution in [0, 0.1) is 5.92 Å². The third kappa shape index (κ3) is 4.60. The third-order valence-corrected chi connectivity index (χ3v) is 4.08. The zero-order valence-electron chi connectivity index (χ0n) is 12.5. The van der Waals surface area contributed by atoms with Crippen LogP contribution in [0.2, 0.25) is 5.02 Å². The summed E-state index contributed by atoms with van der Waals surface area (Å²) in [6.07, 6.45) is 6.73. The number of nitrogens with one attached hydrogen (secondary N) is 1. The van der Waals surface area contributed by atoms with Gasteiger partial charge in [0.05, 0.1) is 19.6 Å². The Morgan fingerprint density at radius 3 is 2.64 bits per heavy atom. The van der Waals surface area contributed by atoms with Crippen molar-refractivity contribution in [3.8, 4) is 0 Å². The summed E-state index contributed by atoms with van der Waals surface area (Å²) in [5.41, 5.74) is 0.842. The van der Waals surface area contributed by atoms with Crippen LogP contribution in [0.25, 0.3) is 0 Å². The highest BCUT2D eigenvalue weighted by Crippen LogP contribution is 2.23. The Labute approximate surface area is 135 Å². The number of rotatable bonds is 5. The Balaban J connectivity index is 2.09. The number of methoxy groups -OCH3 is 1. The summed E-state index contributed by atoms with van der Waals surface area (Å²) in [5.74, 6) is -0.408. The molecule has 0 heterocycles. The maximum atomic E-state index is 12.4. The van der Waals surface area contributed by atoms with Crippen LogP contribution in [0.15, 0.2) is 36.4 Å². The Hall–Kier alpha value is -1.81. The van der Waals surface area contributed by atoms with Crippen LogP contribution in [0.5, 0.6) is 0 Å². The molecule has 4 nitrogen and oxygen atoms in total. The lowest BCUT2D eigenvalue weighted by Crippen LogP contribution is -2.35. The van der Waals surface area contributed by atoms with E-state index in [9.17, 15) is 9.59 Å². The van der Waals surface area contributed by atoms with Gasteiger partial charge < -0.3 is 10.1 Å². The Morgan fingerprint density at radius 2 is 2.05 bits per heavy atom. The van der Waals surface area contributed by atoms with Crippen molar-refractivity contribution < 1.29 is 14.3 Å². The van der Waals surface area contributed by atoms with Crippen LogP contribution in [-0.2, 0) is 14.3 Å². The fourth-order valence-electron chi connectivity index (χ4n) is 2.52. The lowest BCUT2D eigenvalue weighted by molar-refractivity contribution is -0.141. The van der Waals surface area contributed by atoms with Crippen molar-refractivity contribution in [3.63, 3.8) is 0 Å². The molecule has 118 valence electrons. The van der Waals surface area contributed by atoms with Gasteiger partial charge in [-0.25, -0.2) is 0 Å². The van der Waals surface area contributed by atoms with Gasteiger partial charge in [0.2, 0.25) is 5.91 Å². The minimum atomic E-state index is -0.400. The number of benzene rings is 1. The number of ether oxygens (including phenoxy) is 1. The van der Waals surface area contributed by atoms with E-state index in [0.29, 0.717) is 5.02 Å². The first-order valence-corrected chi connectivity index (χ1v) is 7.75. The van der Waals surface area contributed by atoms with Crippen molar-refractivity contribution in [1.29, 1.82) is 0 Å². The van der Waals surface area contributed by atoms with Crippen LogP contribution < -0.4 is 5.32 Å². The van der Waals surface area contributed by atoms with Gasteiger partial charge >= 0.3 is 5.97 Å². The summed E-state index contributed by atoms with van der Waals surface area (Å²) in [4.78, 5) is 24.0. The summed E-state index contributed by atoms with van der Waals surface area (Å²) in [6.45, 7) is 0. The summed E-state index contributed by atoms with van der Waals surface area (Å²) < 4.78 is 4.73. The van der Waals surface area contributed by atoms with E-state index >= 15 is 0 Å². The molecule has 1 amide bonds. The minimum Gasteiger partial charge on any atom is -0.469 e. The molecule has 0 spiro atoms. The summed E-state index contributed by atoms with van der Waals surface area (Å²) in [7, 11) is 1.34. The van der Waals surface area contributed by atoms with Gasteiger partial charge in [0.1, 0.15) is 0 Å². The largest absolute Gasteiger partial charge is 0.469 e. The summed E-state index contributed by atoms with van der Waals surface area (Å²) in [5, 5.41) is 3.59. The summed E-state index contributed by atoms with van der Waals surface area (Å²) >= 11 is 5.89. The van der Waals surface area contributed by atoms with E-state index in [2.05, 4.69) is 11.4 Å². The molecule has 0 saturated heterocycles. The molecule has 1 N–H and O–H groups in total.